The van der Waals surface area contributed by atoms with Crippen molar-refractivity contribution in [3.8, 4) is 33.8 Å². The number of tetrazole rings is 1. The molecule has 0 atom stereocenters. The van der Waals surface area contributed by atoms with Crippen LogP contribution >= 0.6 is 0 Å². The molecule has 4 heterocycles. The van der Waals surface area contributed by atoms with Crippen LogP contribution in [0.4, 0.5) is 0 Å². The number of fused-ring (bicyclic) bond motifs is 1. The summed E-state index contributed by atoms with van der Waals surface area (Å²) in [5, 5.41) is 23.9. The summed E-state index contributed by atoms with van der Waals surface area (Å²) in [7, 11) is 0. The van der Waals surface area contributed by atoms with Crippen LogP contribution in [0, 0.1) is 20.8 Å². The highest BCUT2D eigenvalue weighted by molar-refractivity contribution is 5.83. The second-order valence-corrected chi connectivity index (χ2v) is 9.50. The number of nitrogens with zero attached hydrogens (tertiary/aromatic N) is 8. The van der Waals surface area contributed by atoms with Gasteiger partial charge >= 0.3 is 0 Å². The number of pyridine rings is 1. The number of nitrogens with one attached hydrogen (secondary N) is 1. The molecular formula is C29H27N9. The third-order valence-electron chi connectivity index (χ3n) is 6.69. The number of aromatic amines is 1. The van der Waals surface area contributed by atoms with Crippen molar-refractivity contribution in [2.45, 2.75) is 40.7 Å². The van der Waals surface area contributed by atoms with Crippen LogP contribution in [0.3, 0.4) is 0 Å². The van der Waals surface area contributed by atoms with Crippen molar-refractivity contribution in [3.63, 3.8) is 0 Å². The highest BCUT2D eigenvalue weighted by Crippen LogP contribution is 2.33. The van der Waals surface area contributed by atoms with E-state index in [9.17, 15) is 0 Å². The summed E-state index contributed by atoms with van der Waals surface area (Å²) in [5.74, 6) is 1.49. The number of aryl methyl sites for hydroxylation is 4. The van der Waals surface area contributed by atoms with Crippen molar-refractivity contribution in [1.82, 2.24) is 45.4 Å². The lowest BCUT2D eigenvalue weighted by Crippen LogP contribution is -2.08. The minimum Gasteiger partial charge on any atom is -0.307 e. The molecule has 0 spiro atoms. The summed E-state index contributed by atoms with van der Waals surface area (Å²) in [5.41, 5.74) is 10.6. The molecule has 38 heavy (non-hydrogen) atoms. The molecule has 9 nitrogen and oxygen atoms in total. The monoisotopic (exact) mass is 501 g/mol. The van der Waals surface area contributed by atoms with Crippen LogP contribution in [0.2, 0.25) is 0 Å². The number of H-pyrrole nitrogens is 1. The van der Waals surface area contributed by atoms with E-state index < -0.39 is 0 Å². The predicted molar refractivity (Wildman–Crippen MR) is 146 cm³/mol. The zero-order valence-electron chi connectivity index (χ0n) is 21.8. The van der Waals surface area contributed by atoms with E-state index in [1.54, 1.807) is 0 Å². The van der Waals surface area contributed by atoms with Gasteiger partial charge in [-0.15, -0.1) is 10.2 Å². The van der Waals surface area contributed by atoms with E-state index in [0.29, 0.717) is 12.4 Å². The van der Waals surface area contributed by atoms with Crippen LogP contribution in [0.25, 0.3) is 44.9 Å². The Bertz CT molecular complexity index is 1750. The van der Waals surface area contributed by atoms with Crippen LogP contribution in [-0.4, -0.2) is 45.4 Å². The fourth-order valence-electron chi connectivity index (χ4n) is 4.87. The minimum atomic E-state index is 0.510. The molecule has 0 aliphatic carbocycles. The molecule has 0 radical (unpaired) electrons. The normalized spacial score (nSPS) is 11.4. The molecule has 0 saturated carbocycles. The molecule has 0 saturated heterocycles. The summed E-state index contributed by atoms with van der Waals surface area (Å²) >= 11 is 0. The lowest BCUT2D eigenvalue weighted by molar-refractivity contribution is 0.717. The van der Waals surface area contributed by atoms with Crippen LogP contribution in [0.1, 0.15) is 35.3 Å². The molecule has 0 bridgehead atoms. The molecule has 0 amide bonds. The number of hydrogen-bond acceptors (Lipinski definition) is 7. The van der Waals surface area contributed by atoms with Crippen LogP contribution in [0.15, 0.2) is 60.7 Å². The molecule has 6 rings (SSSR count). The quantitative estimate of drug-likeness (QED) is 0.331. The Morgan fingerprint density at radius 3 is 2.42 bits per heavy atom. The number of rotatable bonds is 6. The molecule has 9 heteroatoms. The fraction of sp³-hybridized carbons (Fsp3) is 0.207. The maximum atomic E-state index is 4.85. The van der Waals surface area contributed by atoms with E-state index in [-0.39, 0.29) is 0 Å². The highest BCUT2D eigenvalue weighted by atomic mass is 15.5. The lowest BCUT2D eigenvalue weighted by atomic mass is 9.96. The van der Waals surface area contributed by atoms with Gasteiger partial charge in [0.1, 0.15) is 11.3 Å². The van der Waals surface area contributed by atoms with Crippen molar-refractivity contribution in [2.24, 2.45) is 0 Å². The number of imidazole rings is 1. The van der Waals surface area contributed by atoms with Gasteiger partial charge in [-0.05, 0) is 73.0 Å². The zero-order chi connectivity index (χ0) is 26.2. The first-order valence-corrected chi connectivity index (χ1v) is 12.6. The second-order valence-electron chi connectivity index (χ2n) is 9.50. The van der Waals surface area contributed by atoms with Crippen molar-refractivity contribution in [1.29, 1.82) is 0 Å². The summed E-state index contributed by atoms with van der Waals surface area (Å²) in [6.45, 7) is 8.83. The summed E-state index contributed by atoms with van der Waals surface area (Å²) < 4.78 is 2.14. The first kappa shape index (κ1) is 23.6. The van der Waals surface area contributed by atoms with E-state index in [1.807, 2.05) is 25.1 Å². The molecule has 0 aliphatic rings. The summed E-state index contributed by atoms with van der Waals surface area (Å²) in [6.07, 6.45) is 0.806. The Hall–Kier alpha value is -4.79. The first-order chi connectivity index (χ1) is 18.5. The molecule has 2 aromatic carbocycles. The molecule has 188 valence electrons. The third-order valence-corrected chi connectivity index (χ3v) is 6.69. The minimum absolute atomic E-state index is 0.510. The molecule has 0 unspecified atom stereocenters. The van der Waals surface area contributed by atoms with Gasteiger partial charge in [0, 0.05) is 23.2 Å². The Kier molecular flexibility index (Phi) is 5.95. The fourth-order valence-corrected chi connectivity index (χ4v) is 4.87. The van der Waals surface area contributed by atoms with Gasteiger partial charge in [0.2, 0.25) is 5.82 Å². The van der Waals surface area contributed by atoms with Crippen LogP contribution < -0.4 is 0 Å². The predicted octanol–water partition coefficient (Wildman–Crippen LogP) is 5.27. The topological polar surface area (TPSA) is 111 Å². The van der Waals surface area contributed by atoms with Crippen molar-refractivity contribution >= 4 is 11.2 Å². The van der Waals surface area contributed by atoms with Gasteiger partial charge in [-0.1, -0.05) is 42.8 Å². The molecule has 6 aromatic rings. The van der Waals surface area contributed by atoms with Gasteiger partial charge in [-0.2, -0.15) is 15.4 Å². The Morgan fingerprint density at radius 1 is 0.816 bits per heavy atom. The van der Waals surface area contributed by atoms with Crippen molar-refractivity contribution in [3.05, 3.63) is 89.0 Å². The van der Waals surface area contributed by atoms with E-state index in [2.05, 4.69) is 98.6 Å². The standard InChI is InChI=1S/C29H27N9/c1-5-26-31-27-18(3)14-19(4)30-29(27)38(26)16-22-10-12-25(33-32-22)24-15-21(20-8-6-7-17(2)13-20)9-11-23(24)28-34-36-37-35-28/h6-15H,5,16H2,1-4H3,(H,34,35,36,37). The van der Waals surface area contributed by atoms with E-state index in [0.717, 1.165) is 68.3 Å². The highest BCUT2D eigenvalue weighted by Gasteiger charge is 2.17. The molecular weight excluding hydrogens is 474 g/mol. The second kappa shape index (κ2) is 9.59. The molecule has 1 N–H and O–H groups in total. The average molecular weight is 502 g/mol. The maximum Gasteiger partial charge on any atom is 0.205 e. The van der Waals surface area contributed by atoms with Gasteiger partial charge in [-0.3, -0.25) is 0 Å². The largest absolute Gasteiger partial charge is 0.307 e. The molecule has 4 aromatic heterocycles. The number of benzene rings is 2. The van der Waals surface area contributed by atoms with Crippen molar-refractivity contribution < 1.29 is 0 Å². The smallest absolute Gasteiger partial charge is 0.205 e. The van der Waals surface area contributed by atoms with Crippen molar-refractivity contribution in [2.75, 3.05) is 0 Å². The number of hydrogen-bond donors (Lipinski definition) is 1. The van der Waals surface area contributed by atoms with Gasteiger partial charge in [0.15, 0.2) is 5.65 Å². The van der Waals surface area contributed by atoms with E-state index in [4.69, 9.17) is 9.97 Å². The van der Waals surface area contributed by atoms with E-state index in [1.165, 1.54) is 5.56 Å². The lowest BCUT2D eigenvalue weighted by Gasteiger charge is -2.11. The molecule has 0 fully saturated rings. The summed E-state index contributed by atoms with van der Waals surface area (Å²) in [6, 6.07) is 20.7. The van der Waals surface area contributed by atoms with Gasteiger partial charge < -0.3 is 4.57 Å². The van der Waals surface area contributed by atoms with Gasteiger partial charge in [0.25, 0.3) is 0 Å². The van der Waals surface area contributed by atoms with Crippen LogP contribution in [-0.2, 0) is 13.0 Å². The Labute approximate surface area is 220 Å². The Balaban J connectivity index is 1.40. The Morgan fingerprint density at radius 2 is 1.68 bits per heavy atom. The first-order valence-electron chi connectivity index (χ1n) is 12.6. The average Bonchev–Trinajstić information content (AvgIpc) is 3.58. The summed E-state index contributed by atoms with van der Waals surface area (Å²) in [4.78, 5) is 9.63. The van der Waals surface area contributed by atoms with Crippen LogP contribution in [0.5, 0.6) is 0 Å². The number of aromatic nitrogens is 9. The van der Waals surface area contributed by atoms with Gasteiger partial charge in [-0.25, -0.2) is 9.97 Å². The molecule has 0 aliphatic heterocycles. The maximum absolute atomic E-state index is 4.85. The third kappa shape index (κ3) is 4.32. The van der Waals surface area contributed by atoms with Gasteiger partial charge in [0.05, 0.1) is 17.9 Å². The van der Waals surface area contributed by atoms with E-state index >= 15 is 0 Å². The zero-order valence-corrected chi connectivity index (χ0v) is 21.8. The SMILES string of the molecule is CCc1nc2c(C)cc(C)nc2n1Cc1ccc(-c2cc(-c3cccc(C)c3)ccc2-c2nn[nH]n2)nn1.